The SMILES string of the molecule is Cc1ccc2c(Cl)cc(S(=O)(=O)NCc3cccc4ccccc34)c(O)c2n1. The van der Waals surface area contributed by atoms with Crippen molar-refractivity contribution >= 4 is 43.3 Å². The molecule has 0 aliphatic heterocycles. The van der Waals surface area contributed by atoms with Gasteiger partial charge in [-0.1, -0.05) is 54.1 Å². The number of sulfonamides is 1. The van der Waals surface area contributed by atoms with Crippen molar-refractivity contribution in [3.05, 3.63) is 76.9 Å². The first-order valence-electron chi connectivity index (χ1n) is 8.62. The van der Waals surface area contributed by atoms with Crippen LogP contribution in [0, 0.1) is 6.92 Å². The second kappa shape index (κ2) is 7.05. The first kappa shape index (κ1) is 18.7. The summed E-state index contributed by atoms with van der Waals surface area (Å²) in [5.41, 5.74) is 1.65. The zero-order valence-electron chi connectivity index (χ0n) is 15.0. The predicted molar refractivity (Wildman–Crippen MR) is 111 cm³/mol. The molecule has 5 nitrogen and oxygen atoms in total. The number of aromatic hydroxyl groups is 1. The predicted octanol–water partition coefficient (Wildman–Crippen LogP) is 4.53. The third-order valence-electron chi connectivity index (χ3n) is 4.63. The molecule has 7 heteroatoms. The van der Waals surface area contributed by atoms with Gasteiger partial charge >= 0.3 is 0 Å². The number of halogens is 1. The number of pyridine rings is 1. The van der Waals surface area contributed by atoms with Crippen LogP contribution < -0.4 is 4.72 Å². The molecule has 0 amide bonds. The standard InChI is InChI=1S/C21H17ClN2O3S/c1-13-9-10-17-18(22)11-19(21(25)20(17)24-13)28(26,27)23-12-15-7-4-6-14-5-2-3-8-16(14)15/h2-11,23,25H,12H2,1H3. The lowest BCUT2D eigenvalue weighted by molar-refractivity contribution is 0.463. The highest BCUT2D eigenvalue weighted by atomic mass is 35.5. The lowest BCUT2D eigenvalue weighted by Gasteiger charge is -2.12. The first-order chi connectivity index (χ1) is 13.4. The first-order valence-corrected chi connectivity index (χ1v) is 10.5. The molecule has 0 aliphatic carbocycles. The summed E-state index contributed by atoms with van der Waals surface area (Å²) in [5, 5.41) is 13.3. The van der Waals surface area contributed by atoms with Crippen LogP contribution in [0.4, 0.5) is 0 Å². The second-order valence-corrected chi connectivity index (χ2v) is 8.66. The van der Waals surface area contributed by atoms with Crippen LogP contribution >= 0.6 is 11.6 Å². The number of hydrogen-bond donors (Lipinski definition) is 2. The van der Waals surface area contributed by atoms with E-state index in [2.05, 4.69) is 9.71 Å². The minimum atomic E-state index is -4.01. The van der Waals surface area contributed by atoms with Gasteiger partial charge in [-0.15, -0.1) is 0 Å². The fraction of sp³-hybridized carbons (Fsp3) is 0.0952. The summed E-state index contributed by atoms with van der Waals surface area (Å²) >= 11 is 6.24. The zero-order valence-corrected chi connectivity index (χ0v) is 16.6. The largest absolute Gasteiger partial charge is 0.504 e. The molecule has 0 bridgehead atoms. The van der Waals surface area contributed by atoms with Gasteiger partial charge in [-0.05, 0) is 41.5 Å². The summed E-state index contributed by atoms with van der Waals surface area (Å²) in [5.74, 6) is -0.409. The van der Waals surface area contributed by atoms with Crippen LogP contribution in [0.5, 0.6) is 5.75 Å². The number of phenols is 1. The molecule has 0 saturated carbocycles. The summed E-state index contributed by atoms with van der Waals surface area (Å²) in [6, 6.07) is 18.2. The van der Waals surface area contributed by atoms with Crippen molar-refractivity contribution in [1.82, 2.24) is 9.71 Å². The number of aryl methyl sites for hydroxylation is 1. The highest BCUT2D eigenvalue weighted by molar-refractivity contribution is 7.89. The normalized spacial score (nSPS) is 11.9. The van der Waals surface area contributed by atoms with Crippen molar-refractivity contribution in [2.45, 2.75) is 18.4 Å². The van der Waals surface area contributed by atoms with Gasteiger partial charge in [-0.3, -0.25) is 0 Å². The molecule has 0 spiro atoms. The van der Waals surface area contributed by atoms with Crippen LogP contribution in [0.3, 0.4) is 0 Å². The van der Waals surface area contributed by atoms with Gasteiger partial charge in [0.25, 0.3) is 0 Å². The van der Waals surface area contributed by atoms with Gasteiger partial charge < -0.3 is 5.11 Å². The van der Waals surface area contributed by atoms with Crippen molar-refractivity contribution < 1.29 is 13.5 Å². The van der Waals surface area contributed by atoms with Gasteiger partial charge in [0.15, 0.2) is 5.75 Å². The number of aromatic nitrogens is 1. The van der Waals surface area contributed by atoms with Crippen molar-refractivity contribution in [3.8, 4) is 5.75 Å². The Kier molecular flexibility index (Phi) is 4.71. The summed E-state index contributed by atoms with van der Waals surface area (Å²) in [4.78, 5) is 3.95. The van der Waals surface area contributed by atoms with Gasteiger partial charge in [-0.2, -0.15) is 0 Å². The molecule has 0 aliphatic rings. The Hall–Kier alpha value is -2.67. The average Bonchev–Trinajstić information content (AvgIpc) is 2.69. The molecule has 0 saturated heterocycles. The fourth-order valence-corrected chi connectivity index (χ4v) is 4.66. The fourth-order valence-electron chi connectivity index (χ4n) is 3.21. The molecule has 0 radical (unpaired) electrons. The van der Waals surface area contributed by atoms with Crippen LogP contribution in [0.2, 0.25) is 5.02 Å². The third kappa shape index (κ3) is 3.30. The highest BCUT2D eigenvalue weighted by Crippen LogP contribution is 2.36. The van der Waals surface area contributed by atoms with Crippen LogP contribution in [0.1, 0.15) is 11.3 Å². The summed E-state index contributed by atoms with van der Waals surface area (Å²) < 4.78 is 28.3. The number of phenolic OH excluding ortho intramolecular Hbond substituents is 1. The molecule has 142 valence electrons. The van der Waals surface area contributed by atoms with E-state index >= 15 is 0 Å². The molecule has 4 aromatic rings. The van der Waals surface area contributed by atoms with Gasteiger partial charge in [0.05, 0.1) is 5.02 Å². The molecular formula is C21H17ClN2O3S. The van der Waals surface area contributed by atoms with E-state index in [4.69, 9.17) is 11.6 Å². The summed E-state index contributed by atoms with van der Waals surface area (Å²) in [6.45, 7) is 1.84. The highest BCUT2D eigenvalue weighted by Gasteiger charge is 2.23. The van der Waals surface area contributed by atoms with E-state index in [9.17, 15) is 13.5 Å². The lowest BCUT2D eigenvalue weighted by atomic mass is 10.1. The maximum Gasteiger partial charge on any atom is 0.244 e. The molecular weight excluding hydrogens is 396 g/mol. The minimum absolute atomic E-state index is 0.0834. The van der Waals surface area contributed by atoms with E-state index in [1.165, 1.54) is 6.07 Å². The van der Waals surface area contributed by atoms with E-state index in [1.807, 2.05) is 42.5 Å². The van der Waals surface area contributed by atoms with Crippen LogP contribution in [0.25, 0.3) is 21.7 Å². The third-order valence-corrected chi connectivity index (χ3v) is 6.36. The topological polar surface area (TPSA) is 79.3 Å². The number of rotatable bonds is 4. The van der Waals surface area contributed by atoms with Gasteiger partial charge in [0.2, 0.25) is 10.0 Å². The molecule has 0 unspecified atom stereocenters. The van der Waals surface area contributed by atoms with Crippen molar-refractivity contribution in [1.29, 1.82) is 0 Å². The molecule has 0 atom stereocenters. The Morgan fingerprint density at radius 2 is 1.79 bits per heavy atom. The van der Waals surface area contributed by atoms with E-state index in [1.54, 1.807) is 19.1 Å². The monoisotopic (exact) mass is 412 g/mol. The minimum Gasteiger partial charge on any atom is -0.504 e. The van der Waals surface area contributed by atoms with E-state index < -0.39 is 15.8 Å². The van der Waals surface area contributed by atoms with Crippen LogP contribution in [-0.4, -0.2) is 18.5 Å². The molecule has 2 N–H and O–H groups in total. The smallest absolute Gasteiger partial charge is 0.244 e. The van der Waals surface area contributed by atoms with E-state index in [-0.39, 0.29) is 22.0 Å². The number of nitrogens with one attached hydrogen (secondary N) is 1. The Morgan fingerprint density at radius 3 is 2.61 bits per heavy atom. The van der Waals surface area contributed by atoms with Crippen molar-refractivity contribution in [2.75, 3.05) is 0 Å². The number of fused-ring (bicyclic) bond motifs is 2. The van der Waals surface area contributed by atoms with Gasteiger partial charge in [-0.25, -0.2) is 18.1 Å². The Morgan fingerprint density at radius 1 is 1.04 bits per heavy atom. The molecule has 3 aromatic carbocycles. The summed E-state index contributed by atoms with van der Waals surface area (Å²) in [6.07, 6.45) is 0. The maximum atomic E-state index is 12.9. The second-order valence-electron chi connectivity index (χ2n) is 6.52. The molecule has 1 aromatic heterocycles. The molecule has 28 heavy (non-hydrogen) atoms. The molecule has 0 fully saturated rings. The van der Waals surface area contributed by atoms with Crippen LogP contribution in [0.15, 0.2) is 65.6 Å². The molecule has 4 rings (SSSR count). The Bertz CT molecular complexity index is 1320. The number of nitrogens with zero attached hydrogens (tertiary/aromatic N) is 1. The van der Waals surface area contributed by atoms with Gasteiger partial charge in [0, 0.05) is 17.6 Å². The lowest BCUT2D eigenvalue weighted by Crippen LogP contribution is -2.23. The van der Waals surface area contributed by atoms with Crippen molar-refractivity contribution in [3.63, 3.8) is 0 Å². The maximum absolute atomic E-state index is 12.9. The van der Waals surface area contributed by atoms with E-state index in [0.717, 1.165) is 16.3 Å². The number of hydrogen-bond acceptors (Lipinski definition) is 4. The Balaban J connectivity index is 1.73. The average molecular weight is 413 g/mol. The van der Waals surface area contributed by atoms with Crippen LogP contribution in [-0.2, 0) is 16.6 Å². The molecule has 1 heterocycles. The van der Waals surface area contributed by atoms with E-state index in [0.29, 0.717) is 11.1 Å². The summed E-state index contributed by atoms with van der Waals surface area (Å²) in [7, 11) is -4.01. The van der Waals surface area contributed by atoms with Crippen molar-refractivity contribution in [2.24, 2.45) is 0 Å². The number of benzene rings is 3. The quantitative estimate of drug-likeness (QED) is 0.516. The zero-order chi connectivity index (χ0) is 19.9. The van der Waals surface area contributed by atoms with Gasteiger partial charge in [0.1, 0.15) is 10.4 Å². The Labute approximate surface area is 167 Å².